The zero-order chi connectivity index (χ0) is 27.5. The molecule has 0 saturated carbocycles. The lowest BCUT2D eigenvalue weighted by Crippen LogP contribution is -2.31. The summed E-state index contributed by atoms with van der Waals surface area (Å²) < 4.78 is 14.5. The molecule has 5 N–H and O–H groups in total. The number of nitriles is 1. The minimum Gasteiger partial charge on any atom is -0.497 e. The van der Waals surface area contributed by atoms with Crippen molar-refractivity contribution < 1.29 is 39.2 Å². The van der Waals surface area contributed by atoms with Crippen LogP contribution in [-0.4, -0.2) is 72.8 Å². The fraction of sp³-hybridized carbons (Fsp3) is 0.217. The molecule has 190 valence electrons. The molecule has 3 aromatic rings. The summed E-state index contributed by atoms with van der Waals surface area (Å²) in [6, 6.07) is 18.1. The summed E-state index contributed by atoms with van der Waals surface area (Å²) >= 11 is 0. The molecule has 0 aliphatic rings. The van der Waals surface area contributed by atoms with Crippen LogP contribution in [0.5, 0.6) is 11.6 Å². The number of ether oxygens (including phenoxy) is 2. The summed E-state index contributed by atoms with van der Waals surface area (Å²) in [4.78, 5) is 3.80. The molecule has 0 radical (unpaired) electrons. The molecule has 1 aromatic heterocycles. The van der Waals surface area contributed by atoms with E-state index in [9.17, 15) is 5.02 Å². The van der Waals surface area contributed by atoms with E-state index >= 15 is 0 Å². The first-order valence-corrected chi connectivity index (χ1v) is 10.8. The van der Waals surface area contributed by atoms with Crippen LogP contribution in [0.15, 0.2) is 66.9 Å². The highest BCUT2D eigenvalue weighted by molar-refractivity contribution is 6.60. The second kappa shape index (κ2) is 18.9. The maximum Gasteiger partial charge on any atom is 0.490 e. The van der Waals surface area contributed by atoms with Crippen molar-refractivity contribution >= 4 is 37.7 Å². The molecule has 0 spiro atoms. The summed E-state index contributed by atoms with van der Waals surface area (Å²) in [6.07, 6.45) is 1.45. The van der Waals surface area contributed by atoms with E-state index in [1.165, 1.54) is 38.6 Å². The molecule has 0 aliphatic carbocycles. The highest BCUT2D eigenvalue weighted by Crippen LogP contribution is 2.05. The molecule has 10 nitrogen and oxygen atoms in total. The third-order valence-electron chi connectivity index (χ3n) is 4.20. The van der Waals surface area contributed by atoms with Crippen LogP contribution in [0.25, 0.3) is 0 Å². The molecule has 2 aromatic carbocycles. The van der Waals surface area contributed by atoms with Gasteiger partial charge in [-0.05, 0) is 46.7 Å². The number of aromatic nitrogens is 1. The lowest BCUT2D eigenvalue weighted by molar-refractivity contribution is 0.341. The van der Waals surface area contributed by atoms with Gasteiger partial charge >= 0.3 is 21.4 Å². The Bertz CT molecular complexity index is 1030. The van der Waals surface area contributed by atoms with Crippen LogP contribution in [-0.2, 0) is 4.65 Å². The lowest BCUT2D eigenvalue weighted by atomic mass is 9.80. The van der Waals surface area contributed by atoms with E-state index in [1.807, 2.05) is 19.9 Å². The third kappa shape index (κ3) is 12.4. The van der Waals surface area contributed by atoms with Crippen molar-refractivity contribution in [1.82, 2.24) is 4.98 Å². The first-order valence-electron chi connectivity index (χ1n) is 10.8. The molecule has 36 heavy (non-hydrogen) atoms. The van der Waals surface area contributed by atoms with Gasteiger partial charge in [-0.3, -0.25) is 0 Å². The van der Waals surface area contributed by atoms with Crippen LogP contribution in [0.4, 0.5) is 0 Å². The number of nitrogens with zero attached hydrogens (tertiary/aromatic N) is 2. The maximum atomic E-state index is 9.23. The monoisotopic (exact) mass is 496 g/mol. The molecule has 0 aliphatic heterocycles. The Labute approximate surface area is 212 Å². The number of hydrogen-bond donors (Lipinski definition) is 5. The number of benzene rings is 2. The van der Waals surface area contributed by atoms with Gasteiger partial charge in [-0.2, -0.15) is 5.26 Å². The lowest BCUT2D eigenvalue weighted by Gasteiger charge is -2.04. The average Bonchev–Trinajstić information content (AvgIpc) is 2.94. The van der Waals surface area contributed by atoms with Gasteiger partial charge in [0.05, 0.1) is 25.9 Å². The smallest absolute Gasteiger partial charge is 0.490 e. The van der Waals surface area contributed by atoms with Crippen molar-refractivity contribution in [1.29, 1.82) is 5.26 Å². The van der Waals surface area contributed by atoms with Crippen molar-refractivity contribution in [3.8, 4) is 17.7 Å². The molecule has 0 unspecified atom stereocenters. The Morgan fingerprint density at radius 1 is 0.750 bits per heavy atom. The van der Waals surface area contributed by atoms with Crippen molar-refractivity contribution in [3.63, 3.8) is 0 Å². The number of rotatable bonds is 6. The first kappa shape index (κ1) is 32.6. The zero-order valence-corrected chi connectivity index (χ0v) is 20.9. The summed E-state index contributed by atoms with van der Waals surface area (Å²) in [5.41, 5.74) is 1.86. The summed E-state index contributed by atoms with van der Waals surface area (Å²) in [5.74, 6) is 1.14. The zero-order valence-electron chi connectivity index (χ0n) is 20.9. The van der Waals surface area contributed by atoms with Gasteiger partial charge in [0.2, 0.25) is 5.88 Å². The number of pyridine rings is 1. The Morgan fingerprint density at radius 2 is 1.33 bits per heavy atom. The quantitative estimate of drug-likeness (QED) is 0.269. The summed E-state index contributed by atoms with van der Waals surface area (Å²) in [7, 11) is 0.707. The van der Waals surface area contributed by atoms with Gasteiger partial charge in [0.1, 0.15) is 5.75 Å². The van der Waals surface area contributed by atoms with Crippen LogP contribution in [0.1, 0.15) is 19.4 Å². The van der Waals surface area contributed by atoms with Crippen molar-refractivity contribution in [2.75, 3.05) is 21.3 Å². The Kier molecular flexibility index (Phi) is 17.1. The second-order valence-electron chi connectivity index (χ2n) is 6.48. The van der Waals surface area contributed by atoms with E-state index in [2.05, 4.69) is 4.98 Å². The highest BCUT2D eigenvalue weighted by Gasteiger charge is 2.13. The topological polar surface area (TPSA) is 166 Å². The van der Waals surface area contributed by atoms with Crippen LogP contribution >= 0.6 is 0 Å². The standard InChI is InChI=1S/C8H11BO3.C7H6BNO2.C6H8BNO3.C2H6/c1-11-8-5-3-7(4-6-8)9(10)12-2;9-5-6-2-1-3-7(4-6)8(10)11;1-11-6-4-5(7(9)10)2-3-8-6;1-2/h3-6,10H,1-2H3;1-4,10-11H;2-4,9-10H,1H3;1-2H3. The first-order chi connectivity index (χ1) is 17.2. The van der Waals surface area contributed by atoms with E-state index < -0.39 is 21.4 Å². The van der Waals surface area contributed by atoms with Crippen molar-refractivity contribution in [3.05, 3.63) is 72.4 Å². The molecular formula is C23H31B3N2O8. The summed E-state index contributed by atoms with van der Waals surface area (Å²) in [6.45, 7) is 4.00. The predicted molar refractivity (Wildman–Crippen MR) is 141 cm³/mol. The second-order valence-corrected chi connectivity index (χ2v) is 6.48. The fourth-order valence-electron chi connectivity index (χ4n) is 2.37. The molecule has 3 rings (SSSR count). The van der Waals surface area contributed by atoms with E-state index in [0.29, 0.717) is 22.4 Å². The minimum absolute atomic E-state index is 0.337. The Balaban J connectivity index is 0.000000493. The fourth-order valence-corrected chi connectivity index (χ4v) is 2.37. The van der Waals surface area contributed by atoms with Crippen LogP contribution in [0, 0.1) is 11.3 Å². The van der Waals surface area contributed by atoms with Crippen LogP contribution in [0.3, 0.4) is 0 Å². The molecule has 0 amide bonds. The van der Waals surface area contributed by atoms with Gasteiger partial charge in [-0.25, -0.2) is 4.98 Å². The van der Waals surface area contributed by atoms with Crippen molar-refractivity contribution in [2.45, 2.75) is 13.8 Å². The normalized spacial score (nSPS) is 8.92. The molecule has 0 bridgehead atoms. The summed E-state index contributed by atoms with van der Waals surface area (Å²) in [5, 5.41) is 52.5. The van der Waals surface area contributed by atoms with E-state index in [4.69, 9.17) is 39.5 Å². The molecule has 0 atom stereocenters. The minimum atomic E-state index is -1.50. The Morgan fingerprint density at radius 3 is 1.81 bits per heavy atom. The third-order valence-corrected chi connectivity index (χ3v) is 4.20. The maximum absolute atomic E-state index is 9.23. The number of methoxy groups -OCH3 is 2. The van der Waals surface area contributed by atoms with Crippen molar-refractivity contribution in [2.24, 2.45) is 0 Å². The number of hydrogen-bond acceptors (Lipinski definition) is 10. The SMILES string of the molecule is CC.COB(O)c1ccc(OC)cc1.COc1cc(B(O)O)ccn1.N#Cc1cccc(B(O)O)c1. The molecule has 0 saturated heterocycles. The largest absolute Gasteiger partial charge is 0.497 e. The van der Waals surface area contributed by atoms with Crippen LogP contribution in [0.2, 0.25) is 0 Å². The van der Waals surface area contributed by atoms with E-state index in [-0.39, 0.29) is 0 Å². The molecular weight excluding hydrogens is 465 g/mol. The molecule has 1 heterocycles. The predicted octanol–water partition coefficient (Wildman–Crippen LogP) is -0.937. The highest BCUT2D eigenvalue weighted by atomic mass is 16.5. The van der Waals surface area contributed by atoms with Gasteiger partial charge in [-0.15, -0.1) is 0 Å². The van der Waals surface area contributed by atoms with Gasteiger partial charge in [0.25, 0.3) is 0 Å². The average molecular weight is 496 g/mol. The van der Waals surface area contributed by atoms with Crippen LogP contribution < -0.4 is 25.9 Å². The molecule has 0 fully saturated rings. The molecule has 13 heteroatoms. The van der Waals surface area contributed by atoms with Gasteiger partial charge < -0.3 is 39.2 Å². The van der Waals surface area contributed by atoms with Gasteiger partial charge in [0, 0.05) is 19.4 Å². The Hall–Kier alpha value is -3.37. The van der Waals surface area contributed by atoms with E-state index in [0.717, 1.165) is 11.2 Å². The van der Waals surface area contributed by atoms with Gasteiger partial charge in [-0.1, -0.05) is 38.1 Å². The van der Waals surface area contributed by atoms with E-state index in [1.54, 1.807) is 49.6 Å². The van der Waals surface area contributed by atoms with Gasteiger partial charge in [0.15, 0.2) is 0 Å².